The SMILES string of the molecule is O=C(Nc1ccccc1F)C1CCN1. The Morgan fingerprint density at radius 3 is 2.79 bits per heavy atom. The van der Waals surface area contributed by atoms with Crippen LogP contribution in [0.1, 0.15) is 6.42 Å². The Morgan fingerprint density at radius 2 is 2.21 bits per heavy atom. The van der Waals surface area contributed by atoms with Gasteiger partial charge in [0.05, 0.1) is 11.7 Å². The maximum absolute atomic E-state index is 13.1. The highest BCUT2D eigenvalue weighted by atomic mass is 19.1. The fourth-order valence-corrected chi connectivity index (χ4v) is 1.29. The number of nitrogens with one attached hydrogen (secondary N) is 2. The molecule has 74 valence electrons. The Balaban J connectivity index is 2.03. The second-order valence-electron chi connectivity index (χ2n) is 3.26. The lowest BCUT2D eigenvalue weighted by atomic mass is 10.1. The standard InChI is InChI=1S/C10H11FN2O/c11-7-3-1-2-4-8(7)13-10(14)9-5-6-12-9/h1-4,9,12H,5-6H2,(H,13,14). The Bertz CT molecular complexity index is 350. The van der Waals surface area contributed by atoms with E-state index in [9.17, 15) is 9.18 Å². The molecule has 0 aromatic heterocycles. The zero-order valence-electron chi connectivity index (χ0n) is 7.59. The third-order valence-corrected chi connectivity index (χ3v) is 2.27. The van der Waals surface area contributed by atoms with Crippen LogP contribution in [0.15, 0.2) is 24.3 Å². The van der Waals surface area contributed by atoms with Gasteiger partial charge in [0.15, 0.2) is 0 Å². The van der Waals surface area contributed by atoms with E-state index in [1.165, 1.54) is 6.07 Å². The van der Waals surface area contributed by atoms with Crippen molar-refractivity contribution >= 4 is 11.6 Å². The Kier molecular flexibility index (Phi) is 2.45. The summed E-state index contributed by atoms with van der Waals surface area (Å²) in [6.07, 6.45) is 0.820. The minimum atomic E-state index is -0.403. The van der Waals surface area contributed by atoms with Gasteiger partial charge in [-0.05, 0) is 25.1 Å². The highest BCUT2D eigenvalue weighted by molar-refractivity contribution is 5.95. The number of carbonyl (C=O) groups excluding carboxylic acids is 1. The molecular formula is C10H11FN2O. The van der Waals surface area contributed by atoms with E-state index in [4.69, 9.17) is 0 Å². The van der Waals surface area contributed by atoms with Crippen LogP contribution in [-0.4, -0.2) is 18.5 Å². The summed E-state index contributed by atoms with van der Waals surface area (Å²) in [6.45, 7) is 0.857. The van der Waals surface area contributed by atoms with E-state index in [2.05, 4.69) is 10.6 Å². The Hall–Kier alpha value is -1.42. The topological polar surface area (TPSA) is 41.1 Å². The first-order chi connectivity index (χ1) is 6.77. The van der Waals surface area contributed by atoms with Crippen LogP contribution in [-0.2, 0) is 4.79 Å². The third kappa shape index (κ3) is 1.75. The van der Waals surface area contributed by atoms with Gasteiger partial charge in [-0.1, -0.05) is 12.1 Å². The van der Waals surface area contributed by atoms with E-state index in [-0.39, 0.29) is 17.6 Å². The molecule has 0 aliphatic carbocycles. The number of hydrogen-bond donors (Lipinski definition) is 2. The lowest BCUT2D eigenvalue weighted by Gasteiger charge is -2.26. The molecule has 2 N–H and O–H groups in total. The first-order valence-corrected chi connectivity index (χ1v) is 4.56. The zero-order valence-corrected chi connectivity index (χ0v) is 7.59. The molecule has 1 heterocycles. The van der Waals surface area contributed by atoms with Gasteiger partial charge in [-0.3, -0.25) is 4.79 Å². The molecule has 0 spiro atoms. The van der Waals surface area contributed by atoms with E-state index < -0.39 is 5.82 Å². The number of benzene rings is 1. The first-order valence-electron chi connectivity index (χ1n) is 4.56. The van der Waals surface area contributed by atoms with E-state index in [0.29, 0.717) is 0 Å². The van der Waals surface area contributed by atoms with E-state index in [1.807, 2.05) is 0 Å². The van der Waals surface area contributed by atoms with Gasteiger partial charge in [-0.15, -0.1) is 0 Å². The second-order valence-corrected chi connectivity index (χ2v) is 3.26. The quantitative estimate of drug-likeness (QED) is 0.740. The number of amides is 1. The first kappa shape index (κ1) is 9.15. The van der Waals surface area contributed by atoms with Crippen LogP contribution >= 0.6 is 0 Å². The average Bonchev–Trinajstić information content (AvgIpc) is 2.05. The van der Waals surface area contributed by atoms with Gasteiger partial charge in [0.2, 0.25) is 5.91 Å². The molecule has 1 aromatic rings. The van der Waals surface area contributed by atoms with Crippen molar-refractivity contribution in [3.8, 4) is 0 Å². The van der Waals surface area contributed by atoms with Gasteiger partial charge in [0.25, 0.3) is 0 Å². The van der Waals surface area contributed by atoms with Crippen LogP contribution in [0.25, 0.3) is 0 Å². The summed E-state index contributed by atoms with van der Waals surface area (Å²) in [7, 11) is 0. The predicted octanol–water partition coefficient (Wildman–Crippen LogP) is 1.13. The summed E-state index contributed by atoms with van der Waals surface area (Å²) in [5.74, 6) is -0.568. The van der Waals surface area contributed by atoms with Gasteiger partial charge in [-0.2, -0.15) is 0 Å². The fourth-order valence-electron chi connectivity index (χ4n) is 1.29. The minimum absolute atomic E-state index is 0.158. The number of para-hydroxylation sites is 1. The van der Waals surface area contributed by atoms with Crippen LogP contribution in [0.3, 0.4) is 0 Å². The second kappa shape index (κ2) is 3.75. The highest BCUT2D eigenvalue weighted by Crippen LogP contribution is 2.14. The average molecular weight is 194 g/mol. The third-order valence-electron chi connectivity index (χ3n) is 2.27. The molecule has 0 bridgehead atoms. The molecule has 1 fully saturated rings. The van der Waals surface area contributed by atoms with E-state index in [0.717, 1.165) is 13.0 Å². The van der Waals surface area contributed by atoms with Crippen LogP contribution in [0.2, 0.25) is 0 Å². The number of hydrogen-bond acceptors (Lipinski definition) is 2. The normalized spacial score (nSPS) is 19.9. The van der Waals surface area contributed by atoms with Crippen LogP contribution in [0.5, 0.6) is 0 Å². The van der Waals surface area contributed by atoms with Crippen molar-refractivity contribution in [3.05, 3.63) is 30.1 Å². The molecule has 1 saturated heterocycles. The van der Waals surface area contributed by atoms with Crippen LogP contribution in [0, 0.1) is 5.82 Å². The monoisotopic (exact) mass is 194 g/mol. The van der Waals surface area contributed by atoms with Gasteiger partial charge < -0.3 is 10.6 Å². The molecule has 1 atom stereocenters. The van der Waals surface area contributed by atoms with E-state index >= 15 is 0 Å². The van der Waals surface area contributed by atoms with Crippen molar-refractivity contribution in [1.82, 2.24) is 5.32 Å². The summed E-state index contributed by atoms with van der Waals surface area (Å²) < 4.78 is 13.1. The molecular weight excluding hydrogens is 183 g/mol. The number of halogens is 1. The van der Waals surface area contributed by atoms with Crippen molar-refractivity contribution in [2.75, 3.05) is 11.9 Å². The zero-order chi connectivity index (χ0) is 9.97. The van der Waals surface area contributed by atoms with Gasteiger partial charge in [-0.25, -0.2) is 4.39 Å². The Labute approximate surface area is 81.3 Å². The number of carbonyl (C=O) groups is 1. The molecule has 0 radical (unpaired) electrons. The summed E-state index contributed by atoms with van der Waals surface area (Å²) in [5, 5.41) is 5.49. The largest absolute Gasteiger partial charge is 0.322 e. The van der Waals surface area contributed by atoms with E-state index in [1.54, 1.807) is 18.2 Å². The summed E-state index contributed by atoms with van der Waals surface area (Å²) >= 11 is 0. The summed E-state index contributed by atoms with van der Waals surface area (Å²) in [4.78, 5) is 11.4. The maximum atomic E-state index is 13.1. The fraction of sp³-hybridized carbons (Fsp3) is 0.300. The molecule has 2 rings (SSSR count). The molecule has 0 saturated carbocycles. The molecule has 1 aromatic carbocycles. The maximum Gasteiger partial charge on any atom is 0.241 e. The summed E-state index contributed by atoms with van der Waals surface area (Å²) in [6, 6.07) is 5.99. The van der Waals surface area contributed by atoms with Crippen molar-refractivity contribution in [2.45, 2.75) is 12.5 Å². The molecule has 4 heteroatoms. The van der Waals surface area contributed by atoms with Crippen molar-refractivity contribution in [2.24, 2.45) is 0 Å². The highest BCUT2D eigenvalue weighted by Gasteiger charge is 2.24. The van der Waals surface area contributed by atoms with Crippen molar-refractivity contribution in [1.29, 1.82) is 0 Å². The van der Waals surface area contributed by atoms with Crippen molar-refractivity contribution in [3.63, 3.8) is 0 Å². The molecule has 1 aliphatic rings. The lowest BCUT2D eigenvalue weighted by Crippen LogP contribution is -2.50. The molecule has 1 aliphatic heterocycles. The van der Waals surface area contributed by atoms with Crippen molar-refractivity contribution < 1.29 is 9.18 Å². The van der Waals surface area contributed by atoms with Gasteiger partial charge in [0.1, 0.15) is 5.82 Å². The summed E-state index contributed by atoms with van der Waals surface area (Å²) in [5.41, 5.74) is 0.242. The van der Waals surface area contributed by atoms with Crippen LogP contribution in [0.4, 0.5) is 10.1 Å². The van der Waals surface area contributed by atoms with Crippen LogP contribution < -0.4 is 10.6 Å². The Morgan fingerprint density at radius 1 is 1.50 bits per heavy atom. The predicted molar refractivity (Wildman–Crippen MR) is 51.4 cm³/mol. The lowest BCUT2D eigenvalue weighted by molar-refractivity contribution is -0.119. The number of anilines is 1. The molecule has 3 nitrogen and oxygen atoms in total. The minimum Gasteiger partial charge on any atom is -0.322 e. The van der Waals surface area contributed by atoms with Gasteiger partial charge in [0, 0.05) is 0 Å². The smallest absolute Gasteiger partial charge is 0.241 e. The number of rotatable bonds is 2. The molecule has 14 heavy (non-hydrogen) atoms. The molecule has 1 unspecified atom stereocenters. The molecule has 1 amide bonds. The van der Waals surface area contributed by atoms with Gasteiger partial charge >= 0.3 is 0 Å².